The molecule has 2 rings (SSSR count). The molecule has 0 aromatic heterocycles. The Labute approximate surface area is 95.8 Å². The molecule has 1 aliphatic carbocycles. The number of carbonyl (C=O) groups is 2. The molecule has 0 N–H and O–H groups in total. The Morgan fingerprint density at radius 3 is 2.69 bits per heavy atom. The fourth-order valence-corrected chi connectivity index (χ4v) is 2.53. The molecule has 0 unspecified atom stereocenters. The summed E-state index contributed by atoms with van der Waals surface area (Å²) in [6.07, 6.45) is 3.53. The van der Waals surface area contributed by atoms with Crippen LogP contribution in [0.25, 0.3) is 0 Å². The van der Waals surface area contributed by atoms with Gasteiger partial charge in [-0.1, -0.05) is 23.8 Å². The van der Waals surface area contributed by atoms with Crippen LogP contribution < -0.4 is 0 Å². The number of amides is 2. The van der Waals surface area contributed by atoms with Gasteiger partial charge in [0.25, 0.3) is 0 Å². The molecule has 2 aliphatic rings. The van der Waals surface area contributed by atoms with Gasteiger partial charge in [-0.05, 0) is 26.7 Å². The van der Waals surface area contributed by atoms with Crippen LogP contribution in [0.3, 0.4) is 0 Å². The molecule has 0 radical (unpaired) electrons. The van der Waals surface area contributed by atoms with Crippen molar-refractivity contribution in [3.63, 3.8) is 0 Å². The highest BCUT2D eigenvalue weighted by molar-refractivity contribution is 6.05. The molecule has 1 heterocycles. The quantitative estimate of drug-likeness (QED) is 0.525. The molecule has 1 aliphatic heterocycles. The maximum Gasteiger partial charge on any atom is 0.233 e. The summed E-state index contributed by atoms with van der Waals surface area (Å²) >= 11 is 0. The molecule has 3 heteroatoms. The second-order valence-corrected chi connectivity index (χ2v) is 4.92. The van der Waals surface area contributed by atoms with E-state index in [0.717, 1.165) is 12.0 Å². The van der Waals surface area contributed by atoms with Crippen LogP contribution >= 0.6 is 0 Å². The van der Waals surface area contributed by atoms with Crippen molar-refractivity contribution >= 4 is 11.8 Å². The van der Waals surface area contributed by atoms with Crippen molar-refractivity contribution in [3.8, 4) is 0 Å². The maximum absolute atomic E-state index is 12.1. The van der Waals surface area contributed by atoms with Crippen LogP contribution in [0.4, 0.5) is 0 Å². The summed E-state index contributed by atoms with van der Waals surface area (Å²) in [7, 11) is 0. The van der Waals surface area contributed by atoms with Crippen molar-refractivity contribution in [2.45, 2.75) is 26.7 Å². The number of nitrogens with zero attached hydrogens (tertiary/aromatic N) is 1. The van der Waals surface area contributed by atoms with E-state index in [-0.39, 0.29) is 23.7 Å². The lowest BCUT2D eigenvalue weighted by Crippen LogP contribution is -2.32. The minimum Gasteiger partial charge on any atom is -0.278 e. The van der Waals surface area contributed by atoms with Gasteiger partial charge in [0.15, 0.2) is 0 Å². The minimum absolute atomic E-state index is 0.00884. The fourth-order valence-electron chi connectivity index (χ4n) is 2.53. The number of imide groups is 1. The minimum atomic E-state index is -0.115. The van der Waals surface area contributed by atoms with E-state index < -0.39 is 0 Å². The molecule has 86 valence electrons. The highest BCUT2D eigenvalue weighted by Gasteiger charge is 2.47. The van der Waals surface area contributed by atoms with Crippen LogP contribution in [-0.2, 0) is 9.59 Å². The van der Waals surface area contributed by atoms with Crippen molar-refractivity contribution in [1.29, 1.82) is 0 Å². The van der Waals surface area contributed by atoms with Crippen LogP contribution in [0.1, 0.15) is 26.7 Å². The lowest BCUT2D eigenvalue weighted by Gasteiger charge is -2.19. The average Bonchev–Trinajstić information content (AvgIpc) is 2.43. The Hall–Kier alpha value is -1.38. The molecule has 0 aromatic carbocycles. The Morgan fingerprint density at radius 1 is 1.44 bits per heavy atom. The summed E-state index contributed by atoms with van der Waals surface area (Å²) in [6, 6.07) is 0. The van der Waals surface area contributed by atoms with Crippen LogP contribution in [0, 0.1) is 11.8 Å². The lowest BCUT2D eigenvalue weighted by molar-refractivity contribution is -0.139. The number of allylic oxidation sites excluding steroid dienone is 2. The number of rotatable bonds is 2. The SMILES string of the molecule is C=C(C)CN1C(=O)[C@@H]2CC=C(C)C[C@H]2C1=O. The van der Waals surface area contributed by atoms with E-state index in [0.29, 0.717) is 13.0 Å². The van der Waals surface area contributed by atoms with E-state index in [2.05, 4.69) is 12.7 Å². The van der Waals surface area contributed by atoms with Gasteiger partial charge in [0.1, 0.15) is 0 Å². The predicted octanol–water partition coefficient (Wildman–Crippen LogP) is 1.90. The first-order valence-electron chi connectivity index (χ1n) is 5.66. The molecule has 0 aromatic rings. The number of carbonyl (C=O) groups excluding carboxylic acids is 2. The maximum atomic E-state index is 12.1. The summed E-state index contributed by atoms with van der Waals surface area (Å²) in [5.41, 5.74) is 2.07. The smallest absolute Gasteiger partial charge is 0.233 e. The predicted molar refractivity (Wildman–Crippen MR) is 61.5 cm³/mol. The summed E-state index contributed by atoms with van der Waals surface area (Å²) in [5.74, 6) is -0.250. The van der Waals surface area contributed by atoms with Crippen LogP contribution in [0.15, 0.2) is 23.8 Å². The van der Waals surface area contributed by atoms with Gasteiger partial charge in [0.05, 0.1) is 11.8 Å². The zero-order chi connectivity index (χ0) is 11.9. The molecule has 2 amide bonds. The third kappa shape index (κ3) is 1.70. The van der Waals surface area contributed by atoms with E-state index in [9.17, 15) is 9.59 Å². The van der Waals surface area contributed by atoms with Gasteiger partial charge in [-0.15, -0.1) is 0 Å². The Balaban J connectivity index is 2.21. The van der Waals surface area contributed by atoms with Crippen LogP contribution in [0.2, 0.25) is 0 Å². The van der Waals surface area contributed by atoms with Crippen molar-refractivity contribution in [2.75, 3.05) is 6.54 Å². The molecule has 0 bridgehead atoms. The molecule has 0 spiro atoms. The van der Waals surface area contributed by atoms with Gasteiger partial charge in [-0.2, -0.15) is 0 Å². The second-order valence-electron chi connectivity index (χ2n) is 4.92. The molecule has 2 atom stereocenters. The molecule has 1 fully saturated rings. The third-order valence-corrected chi connectivity index (χ3v) is 3.34. The van der Waals surface area contributed by atoms with Gasteiger partial charge >= 0.3 is 0 Å². The lowest BCUT2D eigenvalue weighted by atomic mass is 9.82. The van der Waals surface area contributed by atoms with Crippen molar-refractivity contribution in [3.05, 3.63) is 23.8 Å². The Bertz CT molecular complexity index is 395. The van der Waals surface area contributed by atoms with Gasteiger partial charge in [-0.3, -0.25) is 14.5 Å². The number of hydrogen-bond acceptors (Lipinski definition) is 2. The number of hydrogen-bond donors (Lipinski definition) is 0. The molecule has 16 heavy (non-hydrogen) atoms. The van der Waals surface area contributed by atoms with E-state index >= 15 is 0 Å². The van der Waals surface area contributed by atoms with Gasteiger partial charge in [0.2, 0.25) is 11.8 Å². The topological polar surface area (TPSA) is 37.4 Å². The molecular weight excluding hydrogens is 202 g/mol. The van der Waals surface area contributed by atoms with Gasteiger partial charge < -0.3 is 0 Å². The van der Waals surface area contributed by atoms with Crippen molar-refractivity contribution in [2.24, 2.45) is 11.8 Å². The first-order valence-corrected chi connectivity index (χ1v) is 5.66. The summed E-state index contributed by atoms with van der Waals surface area (Å²) in [5, 5.41) is 0. The van der Waals surface area contributed by atoms with E-state index in [1.54, 1.807) is 0 Å². The first kappa shape index (κ1) is 11.1. The zero-order valence-corrected chi connectivity index (χ0v) is 9.82. The van der Waals surface area contributed by atoms with Gasteiger partial charge in [0, 0.05) is 6.54 Å². The van der Waals surface area contributed by atoms with Gasteiger partial charge in [-0.25, -0.2) is 0 Å². The molecule has 0 saturated carbocycles. The Morgan fingerprint density at radius 2 is 2.06 bits per heavy atom. The zero-order valence-electron chi connectivity index (χ0n) is 9.82. The summed E-state index contributed by atoms with van der Waals surface area (Å²) in [4.78, 5) is 25.5. The second kappa shape index (κ2) is 3.89. The molecular formula is C13H17NO2. The molecule has 1 saturated heterocycles. The number of fused-ring (bicyclic) bond motifs is 1. The largest absolute Gasteiger partial charge is 0.278 e. The first-order chi connectivity index (χ1) is 7.50. The standard InChI is InChI=1S/C13H17NO2/c1-8(2)7-14-12(15)10-5-4-9(3)6-11(10)13(14)16/h4,10-11H,1,5-7H2,2-3H3/t10-,11-/m1/s1. The highest BCUT2D eigenvalue weighted by Crippen LogP contribution is 2.37. The summed E-state index contributed by atoms with van der Waals surface area (Å²) in [6.45, 7) is 8.00. The third-order valence-electron chi connectivity index (χ3n) is 3.34. The molecule has 3 nitrogen and oxygen atoms in total. The Kier molecular flexibility index (Phi) is 2.70. The van der Waals surface area contributed by atoms with E-state index in [4.69, 9.17) is 0 Å². The van der Waals surface area contributed by atoms with Crippen molar-refractivity contribution < 1.29 is 9.59 Å². The van der Waals surface area contributed by atoms with Crippen LogP contribution in [0.5, 0.6) is 0 Å². The van der Waals surface area contributed by atoms with E-state index in [1.165, 1.54) is 10.5 Å². The monoisotopic (exact) mass is 219 g/mol. The van der Waals surface area contributed by atoms with Crippen LogP contribution in [-0.4, -0.2) is 23.3 Å². The fraction of sp³-hybridized carbons (Fsp3) is 0.538. The van der Waals surface area contributed by atoms with Crippen molar-refractivity contribution in [1.82, 2.24) is 4.90 Å². The average molecular weight is 219 g/mol. The van der Waals surface area contributed by atoms with E-state index in [1.807, 2.05) is 13.8 Å². The summed E-state index contributed by atoms with van der Waals surface area (Å²) < 4.78 is 0. The highest BCUT2D eigenvalue weighted by atomic mass is 16.2. The normalized spacial score (nSPS) is 29.1. The number of likely N-dealkylation sites (tertiary alicyclic amines) is 1.